The molecule has 4 heteroatoms. The first-order valence-corrected chi connectivity index (χ1v) is 5.11. The van der Waals surface area contributed by atoms with E-state index in [1.54, 1.807) is 25.5 Å². The van der Waals surface area contributed by atoms with E-state index in [4.69, 9.17) is 0 Å². The Hall–Kier alpha value is -1.58. The van der Waals surface area contributed by atoms with Gasteiger partial charge in [-0.3, -0.25) is 9.78 Å². The Balaban J connectivity index is 2.81. The molecule has 2 N–H and O–H groups in total. The zero-order valence-electron chi connectivity index (χ0n) is 9.37. The van der Waals surface area contributed by atoms with Crippen molar-refractivity contribution in [3.05, 3.63) is 24.0 Å². The fraction of sp³-hybridized carbons (Fsp3) is 0.455. The molecule has 1 heterocycles. The Labute approximate surface area is 90.1 Å². The Kier molecular flexibility index (Phi) is 4.09. The van der Waals surface area contributed by atoms with Crippen LogP contribution in [0.1, 0.15) is 30.6 Å². The fourth-order valence-corrected chi connectivity index (χ4v) is 1.20. The van der Waals surface area contributed by atoms with Gasteiger partial charge in [0.1, 0.15) is 0 Å². The first-order chi connectivity index (χ1) is 7.19. The molecule has 0 fully saturated rings. The highest BCUT2D eigenvalue weighted by Gasteiger charge is 2.12. The summed E-state index contributed by atoms with van der Waals surface area (Å²) in [4.78, 5) is 15.7. The summed E-state index contributed by atoms with van der Waals surface area (Å²) in [6, 6.07) is 1.97. The minimum absolute atomic E-state index is 0.0817. The van der Waals surface area contributed by atoms with Gasteiger partial charge in [0.15, 0.2) is 0 Å². The molecule has 82 valence electrons. The molecule has 0 aliphatic carbocycles. The first-order valence-electron chi connectivity index (χ1n) is 5.11. The zero-order chi connectivity index (χ0) is 11.3. The molecule has 15 heavy (non-hydrogen) atoms. The Morgan fingerprint density at radius 2 is 2.33 bits per heavy atom. The van der Waals surface area contributed by atoms with Crippen molar-refractivity contribution in [1.29, 1.82) is 0 Å². The number of hydrogen-bond donors (Lipinski definition) is 2. The van der Waals surface area contributed by atoms with Crippen LogP contribution in [0.15, 0.2) is 18.5 Å². The van der Waals surface area contributed by atoms with Gasteiger partial charge in [-0.1, -0.05) is 6.92 Å². The van der Waals surface area contributed by atoms with Crippen LogP contribution in [-0.4, -0.2) is 24.0 Å². The van der Waals surface area contributed by atoms with Crippen molar-refractivity contribution in [3.63, 3.8) is 0 Å². The summed E-state index contributed by atoms with van der Waals surface area (Å²) in [6.07, 6.45) is 4.15. The monoisotopic (exact) mass is 207 g/mol. The molecule has 0 aliphatic rings. The topological polar surface area (TPSA) is 54.0 Å². The Morgan fingerprint density at radius 1 is 1.60 bits per heavy atom. The van der Waals surface area contributed by atoms with Gasteiger partial charge in [-0.25, -0.2) is 0 Å². The normalized spacial score (nSPS) is 11.9. The average Bonchev–Trinajstić information content (AvgIpc) is 2.28. The lowest BCUT2D eigenvalue weighted by Crippen LogP contribution is -2.32. The van der Waals surface area contributed by atoms with Gasteiger partial charge in [-0.2, -0.15) is 0 Å². The minimum atomic E-state index is -0.0817. The molecule has 0 radical (unpaired) electrons. The van der Waals surface area contributed by atoms with Crippen molar-refractivity contribution in [2.45, 2.75) is 26.3 Å². The summed E-state index contributed by atoms with van der Waals surface area (Å²) in [5, 5.41) is 5.87. The van der Waals surface area contributed by atoms with E-state index in [-0.39, 0.29) is 11.9 Å². The average molecular weight is 207 g/mol. The number of pyridine rings is 1. The summed E-state index contributed by atoms with van der Waals surface area (Å²) in [5.74, 6) is -0.0817. The SMILES string of the molecule is CCC(C)NC(=O)c1cnccc1NC. The van der Waals surface area contributed by atoms with E-state index in [1.165, 1.54) is 0 Å². The van der Waals surface area contributed by atoms with Crippen molar-refractivity contribution < 1.29 is 4.79 Å². The number of rotatable bonds is 4. The van der Waals surface area contributed by atoms with Crippen LogP contribution in [0, 0.1) is 0 Å². The molecule has 0 saturated heterocycles. The van der Waals surface area contributed by atoms with E-state index in [2.05, 4.69) is 15.6 Å². The molecule has 1 atom stereocenters. The van der Waals surface area contributed by atoms with E-state index in [9.17, 15) is 4.79 Å². The highest BCUT2D eigenvalue weighted by Crippen LogP contribution is 2.12. The lowest BCUT2D eigenvalue weighted by Gasteiger charge is -2.13. The van der Waals surface area contributed by atoms with Crippen molar-refractivity contribution in [1.82, 2.24) is 10.3 Å². The van der Waals surface area contributed by atoms with Crippen molar-refractivity contribution >= 4 is 11.6 Å². The molecule has 0 aromatic carbocycles. The van der Waals surface area contributed by atoms with Crippen LogP contribution in [0.3, 0.4) is 0 Å². The van der Waals surface area contributed by atoms with E-state index in [0.29, 0.717) is 5.56 Å². The molecule has 1 amide bonds. The van der Waals surface area contributed by atoms with Gasteiger partial charge < -0.3 is 10.6 Å². The third-order valence-corrected chi connectivity index (χ3v) is 2.32. The summed E-state index contributed by atoms with van der Waals surface area (Å²) in [6.45, 7) is 4.01. The summed E-state index contributed by atoms with van der Waals surface area (Å²) in [5.41, 5.74) is 1.38. The molecule has 4 nitrogen and oxygen atoms in total. The van der Waals surface area contributed by atoms with Gasteiger partial charge >= 0.3 is 0 Å². The number of anilines is 1. The molecule has 1 rings (SSSR count). The predicted molar refractivity (Wildman–Crippen MR) is 61.0 cm³/mol. The van der Waals surface area contributed by atoms with Crippen molar-refractivity contribution in [3.8, 4) is 0 Å². The second kappa shape index (κ2) is 5.34. The Morgan fingerprint density at radius 3 is 2.93 bits per heavy atom. The standard InChI is InChI=1S/C11H17N3O/c1-4-8(2)14-11(15)9-7-13-6-5-10(9)12-3/h5-8H,4H2,1-3H3,(H,12,13)(H,14,15). The van der Waals surface area contributed by atoms with Crippen LogP contribution in [-0.2, 0) is 0 Å². The molecular formula is C11H17N3O. The maximum absolute atomic E-state index is 11.8. The highest BCUT2D eigenvalue weighted by atomic mass is 16.1. The van der Waals surface area contributed by atoms with Crippen LogP contribution in [0.4, 0.5) is 5.69 Å². The zero-order valence-corrected chi connectivity index (χ0v) is 9.37. The van der Waals surface area contributed by atoms with Gasteiger partial charge in [-0.15, -0.1) is 0 Å². The lowest BCUT2D eigenvalue weighted by molar-refractivity contribution is 0.0940. The van der Waals surface area contributed by atoms with Gasteiger partial charge in [0.05, 0.1) is 5.56 Å². The molecule has 1 aromatic heterocycles. The largest absolute Gasteiger partial charge is 0.387 e. The maximum atomic E-state index is 11.8. The first kappa shape index (κ1) is 11.5. The summed E-state index contributed by atoms with van der Waals surface area (Å²) in [7, 11) is 1.79. The highest BCUT2D eigenvalue weighted by molar-refractivity contribution is 5.99. The number of carbonyl (C=O) groups excluding carboxylic acids is 1. The van der Waals surface area contributed by atoms with Crippen molar-refractivity contribution in [2.24, 2.45) is 0 Å². The van der Waals surface area contributed by atoms with Crippen LogP contribution < -0.4 is 10.6 Å². The van der Waals surface area contributed by atoms with Gasteiger partial charge in [0.2, 0.25) is 0 Å². The second-order valence-electron chi connectivity index (χ2n) is 3.45. The molecule has 0 bridgehead atoms. The van der Waals surface area contributed by atoms with E-state index < -0.39 is 0 Å². The smallest absolute Gasteiger partial charge is 0.255 e. The number of carbonyl (C=O) groups is 1. The quantitative estimate of drug-likeness (QED) is 0.789. The minimum Gasteiger partial charge on any atom is -0.387 e. The number of hydrogen-bond acceptors (Lipinski definition) is 3. The third-order valence-electron chi connectivity index (χ3n) is 2.32. The maximum Gasteiger partial charge on any atom is 0.255 e. The Bertz CT molecular complexity index is 338. The van der Waals surface area contributed by atoms with E-state index in [1.807, 2.05) is 13.8 Å². The van der Waals surface area contributed by atoms with E-state index >= 15 is 0 Å². The second-order valence-corrected chi connectivity index (χ2v) is 3.45. The molecule has 1 unspecified atom stereocenters. The summed E-state index contributed by atoms with van der Waals surface area (Å²) >= 11 is 0. The van der Waals surface area contributed by atoms with Crippen LogP contribution in [0.25, 0.3) is 0 Å². The number of aromatic nitrogens is 1. The fourth-order valence-electron chi connectivity index (χ4n) is 1.20. The molecule has 0 spiro atoms. The predicted octanol–water partition coefficient (Wildman–Crippen LogP) is 1.65. The number of nitrogens with zero attached hydrogens (tertiary/aromatic N) is 1. The van der Waals surface area contributed by atoms with Crippen molar-refractivity contribution in [2.75, 3.05) is 12.4 Å². The van der Waals surface area contributed by atoms with Gasteiger partial charge in [-0.05, 0) is 19.4 Å². The third kappa shape index (κ3) is 2.94. The molecule has 1 aromatic rings. The van der Waals surface area contributed by atoms with Crippen LogP contribution in [0.5, 0.6) is 0 Å². The lowest BCUT2D eigenvalue weighted by atomic mass is 10.2. The molecular weight excluding hydrogens is 190 g/mol. The van der Waals surface area contributed by atoms with Crippen LogP contribution in [0.2, 0.25) is 0 Å². The van der Waals surface area contributed by atoms with Crippen LogP contribution >= 0.6 is 0 Å². The van der Waals surface area contributed by atoms with Gasteiger partial charge in [0.25, 0.3) is 5.91 Å². The molecule has 0 saturated carbocycles. The molecule has 0 aliphatic heterocycles. The van der Waals surface area contributed by atoms with E-state index in [0.717, 1.165) is 12.1 Å². The number of nitrogens with one attached hydrogen (secondary N) is 2. The van der Waals surface area contributed by atoms with Gasteiger partial charge in [0, 0.05) is 31.2 Å². The summed E-state index contributed by atoms with van der Waals surface area (Å²) < 4.78 is 0. The number of amides is 1.